The van der Waals surface area contributed by atoms with Gasteiger partial charge >= 0.3 is 5.97 Å². The topological polar surface area (TPSA) is 99.0 Å². The van der Waals surface area contributed by atoms with Crippen molar-refractivity contribution in [3.63, 3.8) is 0 Å². The molecule has 0 radical (unpaired) electrons. The van der Waals surface area contributed by atoms with E-state index in [9.17, 15) is 4.79 Å². The van der Waals surface area contributed by atoms with E-state index in [2.05, 4.69) is 26.9 Å². The van der Waals surface area contributed by atoms with Crippen molar-refractivity contribution < 1.29 is 9.90 Å². The van der Waals surface area contributed by atoms with E-state index in [-0.39, 0.29) is 5.69 Å². The summed E-state index contributed by atoms with van der Waals surface area (Å²) in [4.78, 5) is 16.9. The number of carbonyl (C=O) groups is 1. The van der Waals surface area contributed by atoms with Crippen molar-refractivity contribution in [1.82, 2.24) is 4.98 Å². The van der Waals surface area contributed by atoms with Crippen LogP contribution in [0.25, 0.3) is 10.4 Å². The number of azide groups is 1. The monoisotopic (exact) mass is 216 g/mol. The molecule has 1 aromatic rings. The predicted molar refractivity (Wildman–Crippen MR) is 56.7 cm³/mol. The summed E-state index contributed by atoms with van der Waals surface area (Å²) in [6, 6.07) is 3.01. The van der Waals surface area contributed by atoms with Crippen molar-refractivity contribution in [3.8, 4) is 11.8 Å². The van der Waals surface area contributed by atoms with Gasteiger partial charge in [0.2, 0.25) is 0 Å². The Balaban J connectivity index is 2.69. The van der Waals surface area contributed by atoms with Gasteiger partial charge < -0.3 is 5.11 Å². The molecule has 0 spiro atoms. The van der Waals surface area contributed by atoms with E-state index >= 15 is 0 Å². The molecule has 0 aromatic carbocycles. The lowest BCUT2D eigenvalue weighted by Crippen LogP contribution is -1.99. The minimum atomic E-state index is -1.09. The molecule has 0 unspecified atom stereocenters. The molecule has 6 nitrogen and oxygen atoms in total. The molecule has 80 valence electrons. The van der Waals surface area contributed by atoms with Crippen molar-refractivity contribution in [1.29, 1.82) is 0 Å². The lowest BCUT2D eigenvalue weighted by Gasteiger charge is -1.93. The highest BCUT2D eigenvalue weighted by Crippen LogP contribution is 2.00. The molecular formula is C10H8N4O2. The number of hydrogen-bond acceptors (Lipinski definition) is 3. The summed E-state index contributed by atoms with van der Waals surface area (Å²) >= 11 is 0. The number of rotatable bonds is 3. The molecule has 0 saturated carbocycles. The molecule has 1 N–H and O–H groups in total. The van der Waals surface area contributed by atoms with Gasteiger partial charge in [-0.15, -0.1) is 0 Å². The predicted octanol–water partition coefficient (Wildman–Crippen LogP) is 1.83. The molecule has 1 heterocycles. The van der Waals surface area contributed by atoms with Crippen LogP contribution < -0.4 is 0 Å². The normalized spacial score (nSPS) is 8.50. The van der Waals surface area contributed by atoms with E-state index in [0.29, 0.717) is 18.5 Å². The Labute approximate surface area is 91.6 Å². The van der Waals surface area contributed by atoms with Gasteiger partial charge in [0.1, 0.15) is 5.69 Å². The van der Waals surface area contributed by atoms with Gasteiger partial charge in [0.05, 0.1) is 0 Å². The molecule has 0 aliphatic rings. The van der Waals surface area contributed by atoms with Gasteiger partial charge in [0.25, 0.3) is 0 Å². The van der Waals surface area contributed by atoms with Crippen LogP contribution in [-0.2, 0) is 0 Å². The van der Waals surface area contributed by atoms with Crippen molar-refractivity contribution in [2.75, 3.05) is 6.54 Å². The van der Waals surface area contributed by atoms with E-state index in [1.54, 1.807) is 6.07 Å². The Morgan fingerprint density at radius 3 is 3.19 bits per heavy atom. The molecule has 6 heteroatoms. The van der Waals surface area contributed by atoms with E-state index in [4.69, 9.17) is 10.6 Å². The Morgan fingerprint density at radius 1 is 1.69 bits per heavy atom. The highest BCUT2D eigenvalue weighted by atomic mass is 16.4. The summed E-state index contributed by atoms with van der Waals surface area (Å²) in [5.74, 6) is 4.44. The summed E-state index contributed by atoms with van der Waals surface area (Å²) in [6.45, 7) is 0.306. The van der Waals surface area contributed by atoms with Crippen molar-refractivity contribution in [2.45, 2.75) is 6.42 Å². The maximum atomic E-state index is 10.6. The fraction of sp³-hybridized carbons (Fsp3) is 0.200. The molecule has 0 amide bonds. The zero-order chi connectivity index (χ0) is 11.8. The SMILES string of the molecule is [N-]=[N+]=NCCC#Cc1ccnc(C(=O)O)c1. The second kappa shape index (κ2) is 6.06. The quantitative estimate of drug-likeness (QED) is 0.274. The van der Waals surface area contributed by atoms with Crippen LogP contribution in [0.5, 0.6) is 0 Å². The Bertz CT molecular complexity index is 495. The standard InChI is InChI=1S/C10H8N4O2/c11-14-13-5-2-1-3-8-4-6-12-9(7-8)10(15)16/h4,6-7H,2,5H2,(H,15,16). The minimum Gasteiger partial charge on any atom is -0.477 e. The number of pyridine rings is 1. The minimum absolute atomic E-state index is 0.0400. The summed E-state index contributed by atoms with van der Waals surface area (Å²) in [6.07, 6.45) is 1.83. The van der Waals surface area contributed by atoms with Gasteiger partial charge in [0.15, 0.2) is 0 Å². The second-order valence-corrected chi connectivity index (χ2v) is 2.74. The second-order valence-electron chi connectivity index (χ2n) is 2.74. The molecule has 0 fully saturated rings. The average molecular weight is 216 g/mol. The third-order valence-corrected chi connectivity index (χ3v) is 1.61. The molecule has 0 aliphatic carbocycles. The maximum Gasteiger partial charge on any atom is 0.354 e. The van der Waals surface area contributed by atoms with Crippen molar-refractivity contribution in [2.24, 2.45) is 5.11 Å². The van der Waals surface area contributed by atoms with Crippen LogP contribution in [0.1, 0.15) is 22.5 Å². The molecule has 1 rings (SSSR count). The molecular weight excluding hydrogens is 208 g/mol. The third-order valence-electron chi connectivity index (χ3n) is 1.61. The number of nitrogens with zero attached hydrogens (tertiary/aromatic N) is 4. The molecule has 0 bridgehead atoms. The number of carboxylic acids is 1. The first kappa shape index (κ1) is 11.6. The van der Waals surface area contributed by atoms with Gasteiger partial charge in [-0.05, 0) is 17.7 Å². The van der Waals surface area contributed by atoms with Gasteiger partial charge in [-0.1, -0.05) is 17.0 Å². The first-order valence-corrected chi connectivity index (χ1v) is 4.43. The smallest absolute Gasteiger partial charge is 0.354 e. The van der Waals surface area contributed by atoms with Crippen LogP contribution in [0.15, 0.2) is 23.4 Å². The van der Waals surface area contributed by atoms with Gasteiger partial charge in [-0.3, -0.25) is 0 Å². The molecule has 1 aromatic heterocycles. The fourth-order valence-corrected chi connectivity index (χ4v) is 0.940. The Morgan fingerprint density at radius 2 is 2.50 bits per heavy atom. The molecule has 0 atom stereocenters. The lowest BCUT2D eigenvalue weighted by atomic mass is 10.2. The Kier molecular flexibility index (Phi) is 4.38. The van der Waals surface area contributed by atoms with Crippen LogP contribution in [0.4, 0.5) is 0 Å². The summed E-state index contributed by atoms with van der Waals surface area (Å²) < 4.78 is 0. The van der Waals surface area contributed by atoms with Gasteiger partial charge in [-0.25, -0.2) is 9.78 Å². The maximum absolute atomic E-state index is 10.6. The largest absolute Gasteiger partial charge is 0.477 e. The molecule has 16 heavy (non-hydrogen) atoms. The summed E-state index contributed by atoms with van der Waals surface area (Å²) in [5.41, 5.74) is 8.55. The number of aromatic nitrogens is 1. The third kappa shape index (κ3) is 3.70. The Hall–Kier alpha value is -2.51. The van der Waals surface area contributed by atoms with Crippen LogP contribution in [0.3, 0.4) is 0 Å². The number of carboxylic acid groups (broad SMARTS) is 1. The van der Waals surface area contributed by atoms with Crippen LogP contribution in [0, 0.1) is 11.8 Å². The zero-order valence-corrected chi connectivity index (χ0v) is 8.29. The van der Waals surface area contributed by atoms with E-state index in [0.717, 1.165) is 0 Å². The van der Waals surface area contributed by atoms with E-state index in [1.165, 1.54) is 12.3 Å². The lowest BCUT2D eigenvalue weighted by molar-refractivity contribution is 0.0690. The van der Waals surface area contributed by atoms with Gasteiger partial charge in [0, 0.05) is 29.6 Å². The van der Waals surface area contributed by atoms with Crippen LogP contribution in [0.2, 0.25) is 0 Å². The first-order valence-electron chi connectivity index (χ1n) is 4.43. The van der Waals surface area contributed by atoms with Crippen molar-refractivity contribution >= 4 is 5.97 Å². The van der Waals surface area contributed by atoms with Crippen LogP contribution >= 0.6 is 0 Å². The highest BCUT2D eigenvalue weighted by Gasteiger charge is 2.02. The first-order chi connectivity index (χ1) is 7.74. The molecule has 0 saturated heterocycles. The molecule has 0 aliphatic heterocycles. The highest BCUT2D eigenvalue weighted by molar-refractivity contribution is 5.85. The summed E-state index contributed by atoms with van der Waals surface area (Å²) in [5, 5.41) is 12.0. The fourth-order valence-electron chi connectivity index (χ4n) is 0.940. The zero-order valence-electron chi connectivity index (χ0n) is 8.29. The van der Waals surface area contributed by atoms with Gasteiger partial charge in [-0.2, -0.15) is 0 Å². The van der Waals surface area contributed by atoms with E-state index in [1.807, 2.05) is 0 Å². The number of hydrogen-bond donors (Lipinski definition) is 1. The van der Waals surface area contributed by atoms with Crippen LogP contribution in [-0.4, -0.2) is 22.6 Å². The van der Waals surface area contributed by atoms with E-state index < -0.39 is 5.97 Å². The van der Waals surface area contributed by atoms with Crippen molar-refractivity contribution in [3.05, 3.63) is 40.0 Å². The average Bonchev–Trinajstić information content (AvgIpc) is 2.29. The summed E-state index contributed by atoms with van der Waals surface area (Å²) in [7, 11) is 0. The number of aromatic carboxylic acids is 1.